The first kappa shape index (κ1) is 17.0. The fourth-order valence-electron chi connectivity index (χ4n) is 2.58. The number of esters is 1. The van der Waals surface area contributed by atoms with Crippen molar-refractivity contribution in [2.24, 2.45) is 11.3 Å². The summed E-state index contributed by atoms with van der Waals surface area (Å²) in [6.07, 6.45) is 2.25. The van der Waals surface area contributed by atoms with Crippen LogP contribution < -0.4 is 5.32 Å². The number of hydrogen-bond acceptors (Lipinski definition) is 4. The van der Waals surface area contributed by atoms with Crippen LogP contribution in [0.1, 0.15) is 40.5 Å². The van der Waals surface area contributed by atoms with Gasteiger partial charge in [0.2, 0.25) is 5.91 Å². The molecule has 0 bridgehead atoms. The number of amides is 1. The fourth-order valence-corrected chi connectivity index (χ4v) is 2.58. The predicted molar refractivity (Wildman–Crippen MR) is 78.2 cm³/mol. The van der Waals surface area contributed by atoms with Gasteiger partial charge in [-0.15, -0.1) is 0 Å². The van der Waals surface area contributed by atoms with Gasteiger partial charge >= 0.3 is 5.97 Å². The number of nitrogens with zero attached hydrogens (tertiary/aromatic N) is 1. The number of methoxy groups -OCH3 is 1. The lowest BCUT2D eigenvalue weighted by Gasteiger charge is -2.33. The van der Waals surface area contributed by atoms with Gasteiger partial charge in [-0.05, 0) is 24.2 Å². The van der Waals surface area contributed by atoms with E-state index in [1.54, 1.807) is 0 Å². The highest BCUT2D eigenvalue weighted by molar-refractivity contribution is 5.81. The Balaban J connectivity index is 2.54. The molecule has 0 radical (unpaired) electrons. The SMILES string of the molecule is COC(=O)[C@H](NCC(=O)N1CCC[C@@H](C)C1)C(C)(C)C. The average Bonchev–Trinajstić information content (AvgIpc) is 2.36. The van der Waals surface area contributed by atoms with E-state index >= 15 is 0 Å². The van der Waals surface area contributed by atoms with Crippen LogP contribution in [0.3, 0.4) is 0 Å². The Morgan fingerprint density at radius 3 is 2.55 bits per heavy atom. The number of piperidine rings is 1. The van der Waals surface area contributed by atoms with E-state index in [1.165, 1.54) is 13.5 Å². The van der Waals surface area contributed by atoms with Crippen molar-refractivity contribution in [3.63, 3.8) is 0 Å². The topological polar surface area (TPSA) is 58.6 Å². The minimum atomic E-state index is -0.473. The Kier molecular flexibility index (Phi) is 5.99. The number of carbonyl (C=O) groups excluding carboxylic acids is 2. The lowest BCUT2D eigenvalue weighted by Crippen LogP contribution is -2.51. The van der Waals surface area contributed by atoms with Crippen molar-refractivity contribution in [2.75, 3.05) is 26.7 Å². The molecule has 20 heavy (non-hydrogen) atoms. The van der Waals surface area contributed by atoms with Gasteiger partial charge in [-0.25, -0.2) is 0 Å². The molecule has 2 atom stereocenters. The third-order valence-corrected chi connectivity index (χ3v) is 3.77. The molecule has 1 rings (SSSR count). The van der Waals surface area contributed by atoms with Gasteiger partial charge < -0.3 is 9.64 Å². The number of carbonyl (C=O) groups is 2. The van der Waals surface area contributed by atoms with Crippen LogP contribution in [0.25, 0.3) is 0 Å². The van der Waals surface area contributed by atoms with Crippen molar-refractivity contribution in [1.82, 2.24) is 10.2 Å². The minimum absolute atomic E-state index is 0.0645. The van der Waals surface area contributed by atoms with Crippen LogP contribution in [0.2, 0.25) is 0 Å². The molecule has 1 amide bonds. The molecule has 1 saturated heterocycles. The van der Waals surface area contributed by atoms with Crippen LogP contribution >= 0.6 is 0 Å². The van der Waals surface area contributed by atoms with Gasteiger partial charge in [-0.1, -0.05) is 27.7 Å². The highest BCUT2D eigenvalue weighted by Gasteiger charge is 2.33. The molecule has 0 aliphatic carbocycles. The Morgan fingerprint density at radius 1 is 1.40 bits per heavy atom. The van der Waals surface area contributed by atoms with Crippen LogP contribution in [0.5, 0.6) is 0 Å². The summed E-state index contributed by atoms with van der Waals surface area (Å²) >= 11 is 0. The molecule has 1 heterocycles. The van der Waals surface area contributed by atoms with E-state index in [0.29, 0.717) is 5.92 Å². The average molecular weight is 284 g/mol. The molecule has 0 unspecified atom stereocenters. The summed E-state index contributed by atoms with van der Waals surface area (Å²) in [6, 6.07) is -0.473. The maximum Gasteiger partial charge on any atom is 0.323 e. The highest BCUT2D eigenvalue weighted by atomic mass is 16.5. The molecule has 5 heteroatoms. The molecule has 0 aromatic heterocycles. The number of hydrogen-bond donors (Lipinski definition) is 1. The minimum Gasteiger partial charge on any atom is -0.468 e. The molecule has 1 N–H and O–H groups in total. The van der Waals surface area contributed by atoms with Gasteiger partial charge in [-0.2, -0.15) is 0 Å². The zero-order valence-corrected chi connectivity index (χ0v) is 13.4. The summed E-state index contributed by atoms with van der Waals surface area (Å²) in [6.45, 7) is 9.85. The Labute approximate surface area is 122 Å². The molecule has 0 aromatic carbocycles. The summed E-state index contributed by atoms with van der Waals surface area (Å²) in [4.78, 5) is 25.9. The van der Waals surface area contributed by atoms with Crippen LogP contribution in [0.15, 0.2) is 0 Å². The molecule has 0 saturated carbocycles. The van der Waals surface area contributed by atoms with E-state index in [0.717, 1.165) is 19.5 Å². The third-order valence-electron chi connectivity index (χ3n) is 3.77. The molecule has 1 aliphatic heterocycles. The van der Waals surface area contributed by atoms with Crippen LogP contribution in [0, 0.1) is 11.3 Å². The van der Waals surface area contributed by atoms with E-state index in [2.05, 4.69) is 12.2 Å². The molecule has 0 spiro atoms. The van der Waals surface area contributed by atoms with Crippen molar-refractivity contribution in [3.05, 3.63) is 0 Å². The van der Waals surface area contributed by atoms with Crippen molar-refractivity contribution in [2.45, 2.75) is 46.6 Å². The van der Waals surface area contributed by atoms with E-state index < -0.39 is 6.04 Å². The summed E-state index contributed by atoms with van der Waals surface area (Å²) in [7, 11) is 1.37. The number of likely N-dealkylation sites (tertiary alicyclic amines) is 1. The lowest BCUT2D eigenvalue weighted by molar-refractivity contribution is -0.146. The maximum absolute atomic E-state index is 12.2. The number of rotatable bonds is 4. The van der Waals surface area contributed by atoms with Gasteiger partial charge in [0.15, 0.2) is 0 Å². The molecular formula is C15H28N2O3. The van der Waals surface area contributed by atoms with Gasteiger partial charge in [0, 0.05) is 13.1 Å². The predicted octanol–water partition coefficient (Wildman–Crippen LogP) is 1.42. The Morgan fingerprint density at radius 2 is 2.05 bits per heavy atom. The van der Waals surface area contributed by atoms with Crippen LogP contribution in [0.4, 0.5) is 0 Å². The monoisotopic (exact) mass is 284 g/mol. The van der Waals surface area contributed by atoms with E-state index in [1.807, 2.05) is 25.7 Å². The molecule has 5 nitrogen and oxygen atoms in total. The van der Waals surface area contributed by atoms with Gasteiger partial charge in [-0.3, -0.25) is 14.9 Å². The van der Waals surface area contributed by atoms with E-state index in [-0.39, 0.29) is 23.8 Å². The van der Waals surface area contributed by atoms with Crippen molar-refractivity contribution < 1.29 is 14.3 Å². The highest BCUT2D eigenvalue weighted by Crippen LogP contribution is 2.20. The standard InChI is InChI=1S/C15H28N2O3/c1-11-7-6-8-17(10-11)12(18)9-16-13(14(19)20-5)15(2,3)4/h11,13,16H,6-10H2,1-5H3/t11-,13+/m1/s1. The van der Waals surface area contributed by atoms with Crippen molar-refractivity contribution in [1.29, 1.82) is 0 Å². The van der Waals surface area contributed by atoms with Crippen LogP contribution in [-0.4, -0.2) is 49.6 Å². The second-order valence-corrected chi connectivity index (χ2v) is 6.79. The number of nitrogens with one attached hydrogen (secondary N) is 1. The quantitative estimate of drug-likeness (QED) is 0.793. The summed E-state index contributed by atoms with van der Waals surface area (Å²) in [5.41, 5.74) is -0.289. The molecule has 116 valence electrons. The smallest absolute Gasteiger partial charge is 0.323 e. The van der Waals surface area contributed by atoms with E-state index in [4.69, 9.17) is 4.74 Å². The van der Waals surface area contributed by atoms with Gasteiger partial charge in [0.05, 0.1) is 13.7 Å². The molecule has 1 aliphatic rings. The normalized spacial score (nSPS) is 21.4. The maximum atomic E-state index is 12.2. The van der Waals surface area contributed by atoms with E-state index in [9.17, 15) is 9.59 Å². The first-order valence-electron chi connectivity index (χ1n) is 7.34. The molecular weight excluding hydrogens is 256 g/mol. The Bertz CT molecular complexity index is 350. The molecule has 1 fully saturated rings. The third kappa shape index (κ3) is 4.78. The second-order valence-electron chi connectivity index (χ2n) is 6.79. The Hall–Kier alpha value is -1.10. The fraction of sp³-hybridized carbons (Fsp3) is 0.867. The number of ether oxygens (including phenoxy) is 1. The van der Waals surface area contributed by atoms with Crippen LogP contribution in [-0.2, 0) is 14.3 Å². The van der Waals surface area contributed by atoms with Crippen molar-refractivity contribution >= 4 is 11.9 Å². The summed E-state index contributed by atoms with van der Waals surface area (Å²) < 4.78 is 4.81. The zero-order chi connectivity index (χ0) is 15.3. The van der Waals surface area contributed by atoms with Crippen molar-refractivity contribution in [3.8, 4) is 0 Å². The van der Waals surface area contributed by atoms with Gasteiger partial charge in [0.25, 0.3) is 0 Å². The van der Waals surface area contributed by atoms with Gasteiger partial charge in [0.1, 0.15) is 6.04 Å². The largest absolute Gasteiger partial charge is 0.468 e. The summed E-state index contributed by atoms with van der Waals surface area (Å²) in [5, 5.41) is 3.06. The second kappa shape index (κ2) is 7.07. The molecule has 0 aromatic rings. The first-order chi connectivity index (χ1) is 9.25. The first-order valence-corrected chi connectivity index (χ1v) is 7.34. The zero-order valence-electron chi connectivity index (χ0n) is 13.4. The lowest BCUT2D eigenvalue weighted by atomic mass is 9.86. The summed E-state index contributed by atoms with van der Waals surface area (Å²) in [5.74, 6) is 0.304.